The number of thioether (sulfide) groups is 1. The van der Waals surface area contributed by atoms with Crippen molar-refractivity contribution in [2.24, 2.45) is 0 Å². The lowest BCUT2D eigenvalue weighted by molar-refractivity contribution is -0.274. The first kappa shape index (κ1) is 20.4. The summed E-state index contributed by atoms with van der Waals surface area (Å²) < 4.78 is 47.5. The van der Waals surface area contributed by atoms with Gasteiger partial charge in [-0.15, -0.1) is 18.3 Å². The molecule has 1 N–H and O–H groups in total. The van der Waals surface area contributed by atoms with E-state index in [0.29, 0.717) is 17.4 Å². The number of ether oxygens (including phenoxy) is 2. The van der Waals surface area contributed by atoms with Crippen molar-refractivity contribution in [3.63, 3.8) is 0 Å². The van der Waals surface area contributed by atoms with Gasteiger partial charge < -0.3 is 14.8 Å². The molecule has 28 heavy (non-hydrogen) atoms. The van der Waals surface area contributed by atoms with Crippen molar-refractivity contribution < 1.29 is 27.4 Å². The van der Waals surface area contributed by atoms with Crippen LogP contribution in [0, 0.1) is 0 Å². The fourth-order valence-corrected chi connectivity index (χ4v) is 3.37. The smallest absolute Gasteiger partial charge is 0.406 e. The quantitative estimate of drug-likeness (QED) is 0.693. The van der Waals surface area contributed by atoms with Gasteiger partial charge in [0.15, 0.2) is 0 Å². The number of tetrazole rings is 1. The number of hydrogen-bond donors (Lipinski definition) is 1. The van der Waals surface area contributed by atoms with Gasteiger partial charge in [0, 0.05) is 12.3 Å². The van der Waals surface area contributed by atoms with Crippen molar-refractivity contribution in [2.75, 3.05) is 11.9 Å². The molecule has 1 fully saturated rings. The molecule has 8 nitrogen and oxygen atoms in total. The molecule has 0 saturated carbocycles. The first-order valence-electron chi connectivity index (χ1n) is 8.51. The van der Waals surface area contributed by atoms with Crippen LogP contribution < -0.4 is 10.1 Å². The van der Waals surface area contributed by atoms with Crippen LogP contribution in [-0.4, -0.2) is 50.4 Å². The highest BCUT2D eigenvalue weighted by Crippen LogP contribution is 2.26. The zero-order valence-corrected chi connectivity index (χ0v) is 15.7. The van der Waals surface area contributed by atoms with Crippen molar-refractivity contribution in [3.8, 4) is 5.75 Å². The van der Waals surface area contributed by atoms with Crippen molar-refractivity contribution in [1.82, 2.24) is 20.2 Å². The Morgan fingerprint density at radius 1 is 1.43 bits per heavy atom. The fraction of sp³-hybridized carbons (Fsp3) is 0.500. The van der Waals surface area contributed by atoms with E-state index in [1.807, 2.05) is 0 Å². The maximum Gasteiger partial charge on any atom is 0.573 e. The van der Waals surface area contributed by atoms with E-state index in [2.05, 4.69) is 25.6 Å². The van der Waals surface area contributed by atoms with Crippen molar-refractivity contribution in [2.45, 2.75) is 49.2 Å². The number of carbonyl (C=O) groups is 1. The second-order valence-electron chi connectivity index (χ2n) is 6.10. The summed E-state index contributed by atoms with van der Waals surface area (Å²) in [4.78, 5) is 12.4. The first-order chi connectivity index (χ1) is 13.3. The predicted molar refractivity (Wildman–Crippen MR) is 93.9 cm³/mol. The topological polar surface area (TPSA) is 91.2 Å². The lowest BCUT2D eigenvalue weighted by Gasteiger charge is -2.14. The molecule has 2 unspecified atom stereocenters. The number of amides is 1. The van der Waals surface area contributed by atoms with E-state index >= 15 is 0 Å². The second kappa shape index (κ2) is 8.78. The molecule has 12 heteroatoms. The van der Waals surface area contributed by atoms with E-state index in [1.54, 1.807) is 11.6 Å². The van der Waals surface area contributed by atoms with E-state index in [9.17, 15) is 18.0 Å². The van der Waals surface area contributed by atoms with Gasteiger partial charge >= 0.3 is 6.36 Å². The van der Waals surface area contributed by atoms with Gasteiger partial charge in [-0.2, -0.15) is 0 Å². The minimum absolute atomic E-state index is 0.0596. The number of nitrogens with one attached hydrogen (secondary N) is 1. The molecule has 0 aliphatic carbocycles. The molecule has 2 heterocycles. The highest BCUT2D eigenvalue weighted by atomic mass is 32.2. The molecule has 152 valence electrons. The number of anilines is 1. The Bertz CT molecular complexity index is 794. The lowest BCUT2D eigenvalue weighted by atomic mass is 10.2. The SMILES string of the molecule is CC(Sc1nnnn1CC1CCCO1)C(=O)Nc1ccc(OC(F)(F)F)cc1. The Kier molecular flexibility index (Phi) is 6.39. The highest BCUT2D eigenvalue weighted by Gasteiger charge is 2.31. The van der Waals surface area contributed by atoms with Gasteiger partial charge in [-0.3, -0.25) is 4.79 Å². The summed E-state index contributed by atoms with van der Waals surface area (Å²) in [5.41, 5.74) is 0.353. The molecule has 1 aromatic heterocycles. The van der Waals surface area contributed by atoms with Crippen LogP contribution in [0.3, 0.4) is 0 Å². The van der Waals surface area contributed by atoms with Crippen LogP contribution in [0.1, 0.15) is 19.8 Å². The van der Waals surface area contributed by atoms with Gasteiger partial charge in [0.05, 0.1) is 17.9 Å². The van der Waals surface area contributed by atoms with E-state index < -0.39 is 11.6 Å². The van der Waals surface area contributed by atoms with Gasteiger partial charge in [-0.25, -0.2) is 4.68 Å². The molecule has 2 atom stereocenters. The summed E-state index contributed by atoms with van der Waals surface area (Å²) in [5.74, 6) is -0.692. The number of benzene rings is 1. The molecule has 1 aliphatic rings. The zero-order valence-electron chi connectivity index (χ0n) is 14.8. The van der Waals surface area contributed by atoms with E-state index in [1.165, 1.54) is 23.9 Å². The van der Waals surface area contributed by atoms with Gasteiger partial charge in [0.2, 0.25) is 11.1 Å². The number of hydrogen-bond acceptors (Lipinski definition) is 7. The van der Waals surface area contributed by atoms with Crippen LogP contribution >= 0.6 is 11.8 Å². The van der Waals surface area contributed by atoms with Crippen LogP contribution in [0.25, 0.3) is 0 Å². The summed E-state index contributed by atoms with van der Waals surface area (Å²) in [5, 5.41) is 14.1. The van der Waals surface area contributed by atoms with E-state index in [0.717, 1.165) is 31.6 Å². The Morgan fingerprint density at radius 2 is 2.18 bits per heavy atom. The number of nitrogens with zero attached hydrogens (tertiary/aromatic N) is 4. The monoisotopic (exact) mass is 417 g/mol. The third-order valence-electron chi connectivity index (χ3n) is 3.91. The molecule has 2 aromatic rings. The molecule has 0 spiro atoms. The zero-order chi connectivity index (χ0) is 20.1. The Morgan fingerprint density at radius 3 is 2.82 bits per heavy atom. The fourth-order valence-electron chi connectivity index (χ4n) is 2.57. The van der Waals surface area contributed by atoms with E-state index in [4.69, 9.17) is 4.74 Å². The van der Waals surface area contributed by atoms with Crippen molar-refractivity contribution in [1.29, 1.82) is 0 Å². The van der Waals surface area contributed by atoms with Gasteiger partial charge in [0.1, 0.15) is 5.75 Å². The number of aromatic nitrogens is 4. The van der Waals surface area contributed by atoms with E-state index in [-0.39, 0.29) is 17.8 Å². The van der Waals surface area contributed by atoms with Crippen LogP contribution in [0.5, 0.6) is 5.75 Å². The van der Waals surface area contributed by atoms with Crippen molar-refractivity contribution in [3.05, 3.63) is 24.3 Å². The molecule has 1 aliphatic heterocycles. The molecular weight excluding hydrogens is 399 g/mol. The molecule has 1 aromatic carbocycles. The second-order valence-corrected chi connectivity index (χ2v) is 7.41. The standard InChI is InChI=1S/C16H18F3N5O3S/c1-10(28-15-21-22-23-24(15)9-13-3-2-8-26-13)14(25)20-11-4-6-12(7-5-11)27-16(17,18)19/h4-7,10,13H,2-3,8-9H2,1H3,(H,20,25). The number of halogens is 3. The van der Waals surface area contributed by atoms with Gasteiger partial charge in [-0.1, -0.05) is 11.8 Å². The molecule has 0 bridgehead atoms. The Labute approximate surface area is 162 Å². The van der Waals surface area contributed by atoms with Crippen molar-refractivity contribution >= 4 is 23.4 Å². The third-order valence-corrected chi connectivity index (χ3v) is 4.98. The summed E-state index contributed by atoms with van der Waals surface area (Å²) in [7, 11) is 0. The van der Waals surface area contributed by atoms with Gasteiger partial charge in [0.25, 0.3) is 0 Å². The van der Waals surface area contributed by atoms with Gasteiger partial charge in [-0.05, 0) is 54.5 Å². The number of rotatable bonds is 7. The maximum atomic E-state index is 12.4. The van der Waals surface area contributed by atoms with Crippen LogP contribution in [0.4, 0.5) is 18.9 Å². The average Bonchev–Trinajstić information content (AvgIpc) is 3.28. The molecule has 1 saturated heterocycles. The molecule has 1 amide bonds. The molecule has 3 rings (SSSR count). The summed E-state index contributed by atoms with van der Waals surface area (Å²) >= 11 is 1.18. The number of alkyl halides is 3. The minimum Gasteiger partial charge on any atom is -0.406 e. The third kappa shape index (κ3) is 5.83. The average molecular weight is 417 g/mol. The normalized spacial score (nSPS) is 18.1. The summed E-state index contributed by atoms with van der Waals surface area (Å²) in [6.45, 7) is 2.93. The molecule has 0 radical (unpaired) electrons. The minimum atomic E-state index is -4.76. The largest absolute Gasteiger partial charge is 0.573 e. The summed E-state index contributed by atoms with van der Waals surface area (Å²) in [6, 6.07) is 4.92. The lowest BCUT2D eigenvalue weighted by Crippen LogP contribution is -2.23. The Balaban J connectivity index is 1.54. The summed E-state index contributed by atoms with van der Waals surface area (Å²) in [6.07, 6.45) is -2.76. The highest BCUT2D eigenvalue weighted by molar-refractivity contribution is 8.00. The molecular formula is C16H18F3N5O3S. The van der Waals surface area contributed by atoms with Crippen LogP contribution in [-0.2, 0) is 16.1 Å². The Hall–Kier alpha value is -2.34. The first-order valence-corrected chi connectivity index (χ1v) is 9.39. The predicted octanol–water partition coefficient (Wildman–Crippen LogP) is 2.87. The number of carbonyl (C=O) groups excluding carboxylic acids is 1. The van der Waals surface area contributed by atoms with Crippen LogP contribution in [0.15, 0.2) is 29.4 Å². The maximum absolute atomic E-state index is 12.4. The van der Waals surface area contributed by atoms with Crippen LogP contribution in [0.2, 0.25) is 0 Å².